The lowest BCUT2D eigenvalue weighted by molar-refractivity contribution is -0.132. The fourth-order valence-electron chi connectivity index (χ4n) is 3.76. The summed E-state index contributed by atoms with van der Waals surface area (Å²) in [6.45, 7) is 3.33. The van der Waals surface area contributed by atoms with E-state index >= 15 is 0 Å². The molecule has 0 radical (unpaired) electrons. The molecule has 1 aliphatic heterocycles. The van der Waals surface area contributed by atoms with Crippen LogP contribution in [-0.2, 0) is 24.2 Å². The lowest BCUT2D eigenvalue weighted by Gasteiger charge is -2.29. The number of aryl methyl sites for hydroxylation is 1. The van der Waals surface area contributed by atoms with Crippen LogP contribution in [0.3, 0.4) is 0 Å². The molecule has 5 heteroatoms. The third kappa shape index (κ3) is 4.97. The first-order valence-electron chi connectivity index (χ1n) is 10.2. The number of Topliss-reactive ketones (excluding diaryl/α,β-unsaturated/α-hetero) is 1. The molecular formula is C24H29NO4. The van der Waals surface area contributed by atoms with Crippen LogP contribution < -0.4 is 9.47 Å². The number of hydrogen-bond acceptors (Lipinski definition) is 4. The molecule has 1 amide bonds. The van der Waals surface area contributed by atoms with Gasteiger partial charge in [-0.15, -0.1) is 0 Å². The van der Waals surface area contributed by atoms with Gasteiger partial charge in [-0.2, -0.15) is 0 Å². The van der Waals surface area contributed by atoms with E-state index in [1.54, 1.807) is 14.2 Å². The summed E-state index contributed by atoms with van der Waals surface area (Å²) in [6, 6.07) is 11.7. The van der Waals surface area contributed by atoms with E-state index in [1.165, 1.54) is 11.1 Å². The Labute approximate surface area is 172 Å². The maximum absolute atomic E-state index is 12.7. The third-order valence-electron chi connectivity index (χ3n) is 5.45. The van der Waals surface area contributed by atoms with Crippen LogP contribution in [0.2, 0.25) is 0 Å². The summed E-state index contributed by atoms with van der Waals surface area (Å²) in [5.41, 5.74) is 4.16. The second-order valence-electron chi connectivity index (χ2n) is 7.41. The molecule has 0 saturated carbocycles. The molecule has 0 aliphatic carbocycles. The summed E-state index contributed by atoms with van der Waals surface area (Å²) in [7, 11) is 3.23. The van der Waals surface area contributed by atoms with Gasteiger partial charge in [0, 0.05) is 31.5 Å². The normalized spacial score (nSPS) is 13.0. The third-order valence-corrected chi connectivity index (χ3v) is 5.45. The van der Waals surface area contributed by atoms with Crippen molar-refractivity contribution in [1.29, 1.82) is 0 Å². The van der Waals surface area contributed by atoms with Crippen LogP contribution in [0.4, 0.5) is 0 Å². The van der Waals surface area contributed by atoms with Gasteiger partial charge in [0.25, 0.3) is 0 Å². The molecule has 0 spiro atoms. The van der Waals surface area contributed by atoms with Crippen molar-refractivity contribution >= 4 is 11.7 Å². The Bertz CT molecular complexity index is 873. The zero-order valence-electron chi connectivity index (χ0n) is 17.5. The Kier molecular flexibility index (Phi) is 6.91. The Morgan fingerprint density at radius 3 is 2.24 bits per heavy atom. The van der Waals surface area contributed by atoms with Crippen molar-refractivity contribution in [3.63, 3.8) is 0 Å². The van der Waals surface area contributed by atoms with Crippen molar-refractivity contribution in [1.82, 2.24) is 4.90 Å². The van der Waals surface area contributed by atoms with Crippen LogP contribution in [0.5, 0.6) is 11.5 Å². The highest BCUT2D eigenvalue weighted by Crippen LogP contribution is 2.33. The minimum atomic E-state index is 0.0152. The standard InChI is InChI=1S/C24H29NO4/c1-4-5-17-6-8-18(9-7-17)21(26)10-11-24(27)25-13-12-19-14-22(28-2)23(29-3)15-20(19)16-25/h6-9,14-15H,4-5,10-13,16H2,1-3H3. The second-order valence-corrected chi connectivity index (χ2v) is 7.41. The Hall–Kier alpha value is -2.82. The number of carbonyl (C=O) groups excluding carboxylic acids is 2. The Morgan fingerprint density at radius 2 is 1.62 bits per heavy atom. The summed E-state index contributed by atoms with van der Waals surface area (Å²) in [6.07, 6.45) is 3.34. The highest BCUT2D eigenvalue weighted by molar-refractivity contribution is 5.98. The van der Waals surface area contributed by atoms with E-state index in [4.69, 9.17) is 9.47 Å². The zero-order valence-corrected chi connectivity index (χ0v) is 17.5. The van der Waals surface area contributed by atoms with Gasteiger partial charge in [-0.3, -0.25) is 9.59 Å². The Morgan fingerprint density at radius 1 is 0.966 bits per heavy atom. The first kappa shape index (κ1) is 20.9. The molecule has 0 bridgehead atoms. The molecule has 5 nitrogen and oxygen atoms in total. The van der Waals surface area contributed by atoms with E-state index in [1.807, 2.05) is 41.3 Å². The van der Waals surface area contributed by atoms with E-state index in [2.05, 4.69) is 6.92 Å². The molecule has 0 unspecified atom stereocenters. The average Bonchev–Trinajstić information content (AvgIpc) is 2.76. The zero-order chi connectivity index (χ0) is 20.8. The van der Waals surface area contributed by atoms with Gasteiger partial charge in [0.05, 0.1) is 14.2 Å². The number of carbonyl (C=O) groups is 2. The van der Waals surface area contributed by atoms with Crippen LogP contribution in [0.1, 0.15) is 53.2 Å². The topological polar surface area (TPSA) is 55.8 Å². The van der Waals surface area contributed by atoms with E-state index < -0.39 is 0 Å². The van der Waals surface area contributed by atoms with E-state index in [0.717, 1.165) is 24.8 Å². The number of methoxy groups -OCH3 is 2. The molecular weight excluding hydrogens is 366 g/mol. The molecule has 154 valence electrons. The van der Waals surface area contributed by atoms with E-state index in [0.29, 0.717) is 30.2 Å². The fourth-order valence-corrected chi connectivity index (χ4v) is 3.76. The highest BCUT2D eigenvalue weighted by atomic mass is 16.5. The van der Waals surface area contributed by atoms with Crippen LogP contribution >= 0.6 is 0 Å². The van der Waals surface area contributed by atoms with Crippen molar-refractivity contribution in [2.75, 3.05) is 20.8 Å². The van der Waals surface area contributed by atoms with Gasteiger partial charge in [0.1, 0.15) is 0 Å². The number of benzene rings is 2. The van der Waals surface area contributed by atoms with Gasteiger partial charge in [0.2, 0.25) is 5.91 Å². The van der Waals surface area contributed by atoms with Crippen LogP contribution in [-0.4, -0.2) is 37.4 Å². The van der Waals surface area contributed by atoms with Crippen LogP contribution in [0.15, 0.2) is 36.4 Å². The molecule has 0 N–H and O–H groups in total. The SMILES string of the molecule is CCCc1ccc(C(=O)CCC(=O)N2CCc3cc(OC)c(OC)cc3C2)cc1. The van der Waals surface area contributed by atoms with Gasteiger partial charge >= 0.3 is 0 Å². The lowest BCUT2D eigenvalue weighted by Crippen LogP contribution is -2.36. The smallest absolute Gasteiger partial charge is 0.223 e. The maximum atomic E-state index is 12.7. The summed E-state index contributed by atoms with van der Waals surface area (Å²) in [5.74, 6) is 1.41. The molecule has 29 heavy (non-hydrogen) atoms. The fraction of sp³-hybridized carbons (Fsp3) is 0.417. The Balaban J connectivity index is 1.58. The molecule has 0 atom stereocenters. The lowest BCUT2D eigenvalue weighted by atomic mass is 9.98. The summed E-state index contributed by atoms with van der Waals surface area (Å²) in [5, 5.41) is 0. The van der Waals surface area contributed by atoms with Crippen molar-refractivity contribution in [2.24, 2.45) is 0 Å². The molecule has 1 heterocycles. The quantitative estimate of drug-likeness (QED) is 0.629. The molecule has 0 aromatic heterocycles. The van der Waals surface area contributed by atoms with Crippen molar-refractivity contribution in [3.8, 4) is 11.5 Å². The van der Waals surface area contributed by atoms with Crippen LogP contribution in [0, 0.1) is 0 Å². The molecule has 2 aromatic carbocycles. The predicted molar refractivity (Wildman–Crippen MR) is 113 cm³/mol. The molecule has 0 saturated heterocycles. The summed E-state index contributed by atoms with van der Waals surface area (Å²) in [4.78, 5) is 27.0. The van der Waals surface area contributed by atoms with Gasteiger partial charge in [-0.05, 0) is 41.7 Å². The largest absolute Gasteiger partial charge is 0.493 e. The number of rotatable bonds is 8. The molecule has 0 fully saturated rings. The minimum Gasteiger partial charge on any atom is -0.493 e. The summed E-state index contributed by atoms with van der Waals surface area (Å²) >= 11 is 0. The van der Waals surface area contributed by atoms with E-state index in [-0.39, 0.29) is 24.5 Å². The first-order valence-corrected chi connectivity index (χ1v) is 10.2. The van der Waals surface area contributed by atoms with Crippen LogP contribution in [0.25, 0.3) is 0 Å². The van der Waals surface area contributed by atoms with Crippen molar-refractivity contribution < 1.29 is 19.1 Å². The van der Waals surface area contributed by atoms with Gasteiger partial charge < -0.3 is 14.4 Å². The number of fused-ring (bicyclic) bond motifs is 1. The molecule has 1 aliphatic rings. The molecule has 3 rings (SSSR count). The number of ether oxygens (including phenoxy) is 2. The highest BCUT2D eigenvalue weighted by Gasteiger charge is 2.23. The monoisotopic (exact) mass is 395 g/mol. The van der Waals surface area contributed by atoms with Crippen molar-refractivity contribution in [2.45, 2.75) is 45.6 Å². The van der Waals surface area contributed by atoms with E-state index in [9.17, 15) is 9.59 Å². The first-order chi connectivity index (χ1) is 14.0. The average molecular weight is 395 g/mol. The number of hydrogen-bond donors (Lipinski definition) is 0. The second kappa shape index (κ2) is 9.59. The number of ketones is 1. The number of amides is 1. The minimum absolute atomic E-state index is 0.0152. The molecule has 2 aromatic rings. The van der Waals surface area contributed by atoms with Gasteiger partial charge in [-0.1, -0.05) is 37.6 Å². The van der Waals surface area contributed by atoms with Gasteiger partial charge in [-0.25, -0.2) is 0 Å². The summed E-state index contributed by atoms with van der Waals surface area (Å²) < 4.78 is 10.7. The number of nitrogens with zero attached hydrogens (tertiary/aromatic N) is 1. The predicted octanol–water partition coefficient (Wildman–Crippen LogP) is 4.20. The van der Waals surface area contributed by atoms with Gasteiger partial charge in [0.15, 0.2) is 17.3 Å². The maximum Gasteiger partial charge on any atom is 0.223 e. The van der Waals surface area contributed by atoms with Crippen molar-refractivity contribution in [3.05, 3.63) is 58.7 Å².